The Labute approximate surface area is 109 Å². The highest BCUT2D eigenvalue weighted by Gasteiger charge is 2.26. The van der Waals surface area contributed by atoms with Crippen molar-refractivity contribution in [2.45, 2.75) is 46.0 Å². The van der Waals surface area contributed by atoms with Crippen molar-refractivity contribution in [3.63, 3.8) is 0 Å². The monoisotopic (exact) mass is 249 g/mol. The van der Waals surface area contributed by atoms with Gasteiger partial charge in [0.05, 0.1) is 12.7 Å². The smallest absolute Gasteiger partial charge is 0.221 e. The number of ether oxygens (including phenoxy) is 1. The van der Waals surface area contributed by atoms with E-state index < -0.39 is 0 Å². The highest BCUT2D eigenvalue weighted by atomic mass is 16.5. The van der Waals surface area contributed by atoms with Gasteiger partial charge in [-0.2, -0.15) is 0 Å². The van der Waals surface area contributed by atoms with Gasteiger partial charge < -0.3 is 10.1 Å². The summed E-state index contributed by atoms with van der Waals surface area (Å²) in [5.74, 6) is 1.55. The number of rotatable bonds is 4. The van der Waals surface area contributed by atoms with Crippen molar-refractivity contribution in [3.8, 4) is 5.88 Å². The van der Waals surface area contributed by atoms with Crippen LogP contribution in [-0.2, 0) is 0 Å². The first kappa shape index (κ1) is 13.1. The number of aromatic nitrogens is 2. The minimum absolute atomic E-state index is 0.406. The SMILES string of the molecule is COc1ncnc(NCC2(C)CCCCC2)c1C. The van der Waals surface area contributed by atoms with Crippen molar-refractivity contribution >= 4 is 5.82 Å². The summed E-state index contributed by atoms with van der Waals surface area (Å²) >= 11 is 0. The van der Waals surface area contributed by atoms with Crippen molar-refractivity contribution in [1.29, 1.82) is 0 Å². The molecule has 1 N–H and O–H groups in total. The molecule has 0 aromatic carbocycles. The van der Waals surface area contributed by atoms with E-state index in [0.29, 0.717) is 11.3 Å². The fraction of sp³-hybridized carbons (Fsp3) is 0.714. The van der Waals surface area contributed by atoms with Gasteiger partial charge in [-0.1, -0.05) is 26.2 Å². The van der Waals surface area contributed by atoms with Crippen LogP contribution < -0.4 is 10.1 Å². The van der Waals surface area contributed by atoms with Gasteiger partial charge in [-0.15, -0.1) is 0 Å². The van der Waals surface area contributed by atoms with Crippen LogP contribution in [0.4, 0.5) is 5.82 Å². The van der Waals surface area contributed by atoms with E-state index in [1.807, 2.05) is 6.92 Å². The van der Waals surface area contributed by atoms with Crippen LogP contribution in [0.5, 0.6) is 5.88 Å². The Balaban J connectivity index is 2.01. The van der Waals surface area contributed by atoms with Crippen molar-refractivity contribution in [3.05, 3.63) is 11.9 Å². The molecule has 18 heavy (non-hydrogen) atoms. The van der Waals surface area contributed by atoms with Crippen molar-refractivity contribution in [1.82, 2.24) is 9.97 Å². The Bertz CT molecular complexity index is 400. The molecule has 100 valence electrons. The lowest BCUT2D eigenvalue weighted by Gasteiger charge is -2.34. The minimum Gasteiger partial charge on any atom is -0.481 e. The van der Waals surface area contributed by atoms with Gasteiger partial charge >= 0.3 is 0 Å². The molecule has 0 unspecified atom stereocenters. The standard InChI is InChI=1S/C14H23N3O/c1-11-12(16-10-17-13(11)18-3)15-9-14(2)7-5-4-6-8-14/h10H,4-9H2,1-3H3,(H,15,16,17). The van der Waals surface area contributed by atoms with Crippen LogP contribution in [0.25, 0.3) is 0 Å². The van der Waals surface area contributed by atoms with Gasteiger partial charge in [0, 0.05) is 6.54 Å². The molecule has 1 aliphatic carbocycles. The van der Waals surface area contributed by atoms with Crippen LogP contribution in [0.2, 0.25) is 0 Å². The number of nitrogens with zero attached hydrogens (tertiary/aromatic N) is 2. The second kappa shape index (κ2) is 5.55. The zero-order valence-electron chi connectivity index (χ0n) is 11.6. The Hall–Kier alpha value is -1.32. The summed E-state index contributed by atoms with van der Waals surface area (Å²) < 4.78 is 5.21. The second-order valence-electron chi connectivity index (χ2n) is 5.58. The van der Waals surface area contributed by atoms with Gasteiger partial charge in [-0.05, 0) is 25.2 Å². The van der Waals surface area contributed by atoms with E-state index in [0.717, 1.165) is 17.9 Å². The van der Waals surface area contributed by atoms with Crippen LogP contribution in [-0.4, -0.2) is 23.6 Å². The maximum atomic E-state index is 5.21. The highest BCUT2D eigenvalue weighted by Crippen LogP contribution is 2.36. The number of hydrogen-bond donors (Lipinski definition) is 1. The van der Waals surface area contributed by atoms with Crippen molar-refractivity contribution < 1.29 is 4.74 Å². The quantitative estimate of drug-likeness (QED) is 0.890. The Morgan fingerprint density at radius 3 is 2.67 bits per heavy atom. The highest BCUT2D eigenvalue weighted by molar-refractivity contribution is 5.47. The van der Waals surface area contributed by atoms with Crippen LogP contribution in [0.3, 0.4) is 0 Å². The lowest BCUT2D eigenvalue weighted by atomic mass is 9.76. The number of methoxy groups -OCH3 is 1. The zero-order valence-corrected chi connectivity index (χ0v) is 11.6. The van der Waals surface area contributed by atoms with Gasteiger partial charge in [0.15, 0.2) is 0 Å². The number of hydrogen-bond acceptors (Lipinski definition) is 4. The second-order valence-corrected chi connectivity index (χ2v) is 5.58. The van der Waals surface area contributed by atoms with E-state index in [2.05, 4.69) is 22.2 Å². The fourth-order valence-electron chi connectivity index (χ4n) is 2.70. The third-order valence-electron chi connectivity index (χ3n) is 3.97. The van der Waals surface area contributed by atoms with Gasteiger partial charge in [-0.3, -0.25) is 0 Å². The summed E-state index contributed by atoms with van der Waals surface area (Å²) in [5.41, 5.74) is 1.39. The number of anilines is 1. The van der Waals surface area contributed by atoms with Gasteiger partial charge in [0.1, 0.15) is 12.1 Å². The summed E-state index contributed by atoms with van der Waals surface area (Å²) in [7, 11) is 1.64. The summed E-state index contributed by atoms with van der Waals surface area (Å²) in [6.07, 6.45) is 8.25. The maximum absolute atomic E-state index is 5.21. The number of nitrogens with one attached hydrogen (secondary N) is 1. The molecule has 2 rings (SSSR count). The summed E-state index contributed by atoms with van der Waals surface area (Å²) in [5, 5.41) is 3.47. The van der Waals surface area contributed by atoms with E-state index in [4.69, 9.17) is 4.74 Å². The topological polar surface area (TPSA) is 47.0 Å². The van der Waals surface area contributed by atoms with Crippen LogP contribution >= 0.6 is 0 Å². The fourth-order valence-corrected chi connectivity index (χ4v) is 2.70. The van der Waals surface area contributed by atoms with Gasteiger partial charge in [0.2, 0.25) is 5.88 Å². The molecule has 4 nitrogen and oxygen atoms in total. The van der Waals surface area contributed by atoms with Crippen LogP contribution in [0, 0.1) is 12.3 Å². The molecule has 1 aromatic rings. The largest absolute Gasteiger partial charge is 0.481 e. The first-order chi connectivity index (χ1) is 8.64. The molecule has 0 spiro atoms. The normalized spacial score (nSPS) is 18.4. The average molecular weight is 249 g/mol. The van der Waals surface area contributed by atoms with Crippen LogP contribution in [0.15, 0.2) is 6.33 Å². The maximum Gasteiger partial charge on any atom is 0.221 e. The molecule has 0 atom stereocenters. The average Bonchev–Trinajstić information content (AvgIpc) is 2.38. The van der Waals surface area contributed by atoms with E-state index >= 15 is 0 Å². The summed E-state index contributed by atoms with van der Waals surface area (Å²) in [6, 6.07) is 0. The van der Waals surface area contributed by atoms with E-state index in [1.165, 1.54) is 32.1 Å². The molecular weight excluding hydrogens is 226 g/mol. The van der Waals surface area contributed by atoms with E-state index in [1.54, 1.807) is 13.4 Å². The molecule has 1 saturated carbocycles. The molecule has 1 aliphatic rings. The predicted molar refractivity (Wildman–Crippen MR) is 73.0 cm³/mol. The Kier molecular flexibility index (Phi) is 4.04. The van der Waals surface area contributed by atoms with Gasteiger partial charge in [0.25, 0.3) is 0 Å². The molecule has 1 aromatic heterocycles. The summed E-state index contributed by atoms with van der Waals surface area (Å²) in [4.78, 5) is 8.40. The molecule has 1 fully saturated rings. The van der Waals surface area contributed by atoms with E-state index in [-0.39, 0.29) is 0 Å². The van der Waals surface area contributed by atoms with Gasteiger partial charge in [-0.25, -0.2) is 9.97 Å². The Morgan fingerprint density at radius 1 is 1.28 bits per heavy atom. The molecule has 1 heterocycles. The Morgan fingerprint density at radius 2 is 2.00 bits per heavy atom. The molecule has 0 saturated heterocycles. The first-order valence-corrected chi connectivity index (χ1v) is 6.74. The zero-order chi connectivity index (χ0) is 13.0. The predicted octanol–water partition coefficient (Wildman–Crippen LogP) is 3.18. The molecular formula is C14H23N3O. The molecule has 0 aliphatic heterocycles. The van der Waals surface area contributed by atoms with Crippen molar-refractivity contribution in [2.24, 2.45) is 5.41 Å². The lowest BCUT2D eigenvalue weighted by Crippen LogP contribution is -2.29. The third-order valence-corrected chi connectivity index (χ3v) is 3.97. The minimum atomic E-state index is 0.406. The first-order valence-electron chi connectivity index (χ1n) is 6.74. The molecule has 0 bridgehead atoms. The molecule has 0 radical (unpaired) electrons. The van der Waals surface area contributed by atoms with E-state index in [9.17, 15) is 0 Å². The third kappa shape index (κ3) is 2.92. The lowest BCUT2D eigenvalue weighted by molar-refractivity contribution is 0.233. The molecule has 4 heteroatoms. The van der Waals surface area contributed by atoms with Crippen LogP contribution in [0.1, 0.15) is 44.6 Å². The van der Waals surface area contributed by atoms with Crippen molar-refractivity contribution in [2.75, 3.05) is 19.0 Å². The molecule has 0 amide bonds. The summed E-state index contributed by atoms with van der Waals surface area (Å²) in [6.45, 7) is 5.34.